The van der Waals surface area contributed by atoms with E-state index in [1.807, 2.05) is 0 Å². The molecular weight excluding hydrogens is 244 g/mol. The van der Waals surface area contributed by atoms with Crippen LogP contribution in [0.3, 0.4) is 0 Å². The Kier molecular flexibility index (Phi) is 3.12. The average Bonchev–Trinajstić information content (AvgIpc) is 2.47. The van der Waals surface area contributed by atoms with Crippen molar-refractivity contribution in [1.82, 2.24) is 10.2 Å². The van der Waals surface area contributed by atoms with Gasteiger partial charge in [-0.1, -0.05) is 12.1 Å². The van der Waals surface area contributed by atoms with Crippen molar-refractivity contribution in [3.05, 3.63) is 34.4 Å². The average molecular weight is 270 g/mol. The van der Waals surface area contributed by atoms with Gasteiger partial charge in [-0.3, -0.25) is 4.90 Å². The Bertz CT molecular complexity index is 522. The minimum atomic E-state index is 0.671. The van der Waals surface area contributed by atoms with E-state index in [9.17, 15) is 0 Å². The minimum absolute atomic E-state index is 0.671. The van der Waals surface area contributed by atoms with Gasteiger partial charge in [-0.25, -0.2) is 0 Å². The summed E-state index contributed by atoms with van der Waals surface area (Å²) in [6.07, 6.45) is 5.37. The highest BCUT2D eigenvalue weighted by molar-refractivity contribution is 5.41. The molecule has 2 nitrogen and oxygen atoms in total. The van der Waals surface area contributed by atoms with Gasteiger partial charge in [-0.2, -0.15) is 0 Å². The molecule has 0 amide bonds. The van der Waals surface area contributed by atoms with E-state index in [1.54, 1.807) is 11.1 Å². The van der Waals surface area contributed by atoms with E-state index in [0.717, 1.165) is 12.0 Å². The van der Waals surface area contributed by atoms with Crippen LogP contribution in [0.25, 0.3) is 0 Å². The summed E-state index contributed by atoms with van der Waals surface area (Å²) in [7, 11) is 0. The summed E-state index contributed by atoms with van der Waals surface area (Å²) in [5.74, 6) is 0.896. The number of hydrogen-bond acceptors (Lipinski definition) is 2. The molecule has 2 saturated heterocycles. The second-order valence-corrected chi connectivity index (χ2v) is 7.09. The number of piperidine rings is 2. The van der Waals surface area contributed by atoms with Crippen LogP contribution in [0.4, 0.5) is 0 Å². The molecule has 2 heteroatoms. The normalized spacial score (nSPS) is 33.2. The summed E-state index contributed by atoms with van der Waals surface area (Å²) < 4.78 is 0. The lowest BCUT2D eigenvalue weighted by Gasteiger charge is -2.49. The van der Waals surface area contributed by atoms with Crippen molar-refractivity contribution < 1.29 is 0 Å². The summed E-state index contributed by atoms with van der Waals surface area (Å²) in [4.78, 5) is 2.77. The molecule has 0 aromatic heterocycles. The highest BCUT2D eigenvalue weighted by Gasteiger charge is 2.39. The standard InChI is InChI=1S/C18H26N2/c1-12-8-14-5-7-20-11-15-4-3-6-19-17(15)10-18(20)16(14)9-13(12)2/h8-9,15,17-19H,3-7,10-11H2,1-2H3/t15-,17+,18+/m0/s1. The molecule has 2 fully saturated rings. The first-order valence-corrected chi connectivity index (χ1v) is 8.30. The zero-order valence-corrected chi connectivity index (χ0v) is 12.8. The lowest BCUT2D eigenvalue weighted by Crippen LogP contribution is -2.54. The molecule has 1 N–H and O–H groups in total. The molecule has 20 heavy (non-hydrogen) atoms. The van der Waals surface area contributed by atoms with Crippen LogP contribution in [0, 0.1) is 19.8 Å². The Morgan fingerprint density at radius 2 is 2.05 bits per heavy atom. The smallest absolute Gasteiger partial charge is 0.0366 e. The van der Waals surface area contributed by atoms with E-state index >= 15 is 0 Å². The lowest BCUT2D eigenvalue weighted by molar-refractivity contribution is 0.0552. The predicted octanol–water partition coefficient (Wildman–Crippen LogP) is 2.97. The van der Waals surface area contributed by atoms with Gasteiger partial charge in [-0.15, -0.1) is 0 Å². The fourth-order valence-corrected chi connectivity index (χ4v) is 4.59. The molecule has 3 heterocycles. The van der Waals surface area contributed by atoms with E-state index < -0.39 is 0 Å². The third-order valence-corrected chi connectivity index (χ3v) is 5.90. The second kappa shape index (κ2) is 4.85. The fourth-order valence-electron chi connectivity index (χ4n) is 4.59. The number of aryl methyl sites for hydroxylation is 2. The maximum Gasteiger partial charge on any atom is 0.0366 e. The van der Waals surface area contributed by atoms with Gasteiger partial charge in [0.25, 0.3) is 0 Å². The van der Waals surface area contributed by atoms with Gasteiger partial charge in [0.2, 0.25) is 0 Å². The zero-order valence-electron chi connectivity index (χ0n) is 12.8. The molecular formula is C18H26N2. The molecule has 0 saturated carbocycles. The van der Waals surface area contributed by atoms with Crippen molar-refractivity contribution in [2.24, 2.45) is 5.92 Å². The van der Waals surface area contributed by atoms with Gasteiger partial charge in [0.15, 0.2) is 0 Å². The first-order valence-electron chi connectivity index (χ1n) is 8.30. The molecule has 3 atom stereocenters. The van der Waals surface area contributed by atoms with E-state index in [4.69, 9.17) is 0 Å². The second-order valence-electron chi connectivity index (χ2n) is 7.09. The largest absolute Gasteiger partial charge is 0.314 e. The van der Waals surface area contributed by atoms with Crippen molar-refractivity contribution >= 4 is 0 Å². The van der Waals surface area contributed by atoms with Crippen LogP contribution in [0.15, 0.2) is 12.1 Å². The molecule has 0 bridgehead atoms. The van der Waals surface area contributed by atoms with E-state index in [-0.39, 0.29) is 0 Å². The Morgan fingerprint density at radius 1 is 1.20 bits per heavy atom. The number of hydrogen-bond donors (Lipinski definition) is 1. The van der Waals surface area contributed by atoms with E-state index in [2.05, 4.69) is 36.2 Å². The molecule has 108 valence electrons. The molecule has 4 rings (SSSR count). The summed E-state index contributed by atoms with van der Waals surface area (Å²) in [6.45, 7) is 8.33. The van der Waals surface area contributed by atoms with E-state index in [1.165, 1.54) is 56.4 Å². The van der Waals surface area contributed by atoms with Gasteiger partial charge >= 0.3 is 0 Å². The van der Waals surface area contributed by atoms with Crippen LogP contribution in [-0.4, -0.2) is 30.6 Å². The van der Waals surface area contributed by atoms with Crippen LogP contribution in [0.2, 0.25) is 0 Å². The Balaban J connectivity index is 1.67. The van der Waals surface area contributed by atoms with Gasteiger partial charge in [0, 0.05) is 25.2 Å². The number of benzene rings is 1. The third kappa shape index (κ3) is 2.01. The van der Waals surface area contributed by atoms with Crippen molar-refractivity contribution in [3.63, 3.8) is 0 Å². The number of nitrogens with zero attached hydrogens (tertiary/aromatic N) is 1. The van der Waals surface area contributed by atoms with Crippen molar-refractivity contribution in [2.45, 2.75) is 51.6 Å². The molecule has 1 aromatic carbocycles. The fraction of sp³-hybridized carbons (Fsp3) is 0.667. The molecule has 3 aliphatic rings. The zero-order chi connectivity index (χ0) is 13.7. The topological polar surface area (TPSA) is 15.3 Å². The van der Waals surface area contributed by atoms with Gasteiger partial charge in [0.1, 0.15) is 0 Å². The highest BCUT2D eigenvalue weighted by Crippen LogP contribution is 2.41. The van der Waals surface area contributed by atoms with Gasteiger partial charge in [-0.05, 0) is 74.2 Å². The first-order chi connectivity index (χ1) is 9.72. The van der Waals surface area contributed by atoms with Gasteiger partial charge in [0.05, 0.1) is 0 Å². The quantitative estimate of drug-likeness (QED) is 0.779. The monoisotopic (exact) mass is 270 g/mol. The molecule has 3 aliphatic heterocycles. The number of fused-ring (bicyclic) bond motifs is 4. The maximum atomic E-state index is 3.78. The Hall–Kier alpha value is -0.860. The van der Waals surface area contributed by atoms with Crippen LogP contribution < -0.4 is 5.32 Å². The Morgan fingerprint density at radius 3 is 2.95 bits per heavy atom. The van der Waals surface area contributed by atoms with Crippen LogP contribution >= 0.6 is 0 Å². The maximum absolute atomic E-state index is 3.78. The predicted molar refractivity (Wildman–Crippen MR) is 83.1 cm³/mol. The molecule has 1 aromatic rings. The first kappa shape index (κ1) is 12.8. The van der Waals surface area contributed by atoms with Crippen LogP contribution in [-0.2, 0) is 6.42 Å². The molecule has 0 unspecified atom stereocenters. The van der Waals surface area contributed by atoms with E-state index in [0.29, 0.717) is 6.04 Å². The third-order valence-electron chi connectivity index (χ3n) is 5.90. The van der Waals surface area contributed by atoms with Gasteiger partial charge < -0.3 is 5.32 Å². The van der Waals surface area contributed by atoms with Crippen LogP contribution in [0.1, 0.15) is 47.6 Å². The Labute approximate surface area is 122 Å². The summed E-state index contributed by atoms with van der Waals surface area (Å²) in [6, 6.07) is 6.36. The van der Waals surface area contributed by atoms with Crippen molar-refractivity contribution in [3.8, 4) is 0 Å². The summed E-state index contributed by atoms with van der Waals surface area (Å²) in [5, 5.41) is 3.78. The summed E-state index contributed by atoms with van der Waals surface area (Å²) >= 11 is 0. The number of rotatable bonds is 0. The lowest BCUT2D eigenvalue weighted by atomic mass is 9.77. The molecule has 0 radical (unpaired) electrons. The summed E-state index contributed by atoms with van der Waals surface area (Å²) in [5.41, 5.74) is 6.17. The molecule has 0 spiro atoms. The van der Waals surface area contributed by atoms with Crippen LogP contribution in [0.5, 0.6) is 0 Å². The van der Waals surface area contributed by atoms with Crippen molar-refractivity contribution in [1.29, 1.82) is 0 Å². The highest BCUT2D eigenvalue weighted by atomic mass is 15.2. The number of nitrogens with one attached hydrogen (secondary N) is 1. The molecule has 0 aliphatic carbocycles. The SMILES string of the molecule is Cc1cc2c(cc1C)[C@H]1C[C@H]3NCCC[C@H]3CN1CC2. The van der Waals surface area contributed by atoms with Crippen molar-refractivity contribution in [2.75, 3.05) is 19.6 Å². The minimum Gasteiger partial charge on any atom is -0.314 e.